The number of benzene rings is 3. The minimum atomic E-state index is -0.981. The molecular formula is C57H79N9O7. The molecule has 2 aliphatic carbocycles. The van der Waals surface area contributed by atoms with E-state index in [4.69, 9.17) is 0 Å². The number of carbonyl (C=O) groups excluding carboxylic acids is 7. The number of likely N-dealkylation sites (tertiary alicyclic amines) is 1. The Morgan fingerprint density at radius 2 is 1.19 bits per heavy atom. The lowest BCUT2D eigenvalue weighted by Gasteiger charge is -2.42. The molecule has 73 heavy (non-hydrogen) atoms. The van der Waals surface area contributed by atoms with E-state index in [1.165, 1.54) is 16.0 Å². The van der Waals surface area contributed by atoms with E-state index in [1.54, 1.807) is 45.0 Å². The van der Waals surface area contributed by atoms with Gasteiger partial charge in [-0.15, -0.1) is 0 Å². The third kappa shape index (κ3) is 12.5. The lowest BCUT2D eigenvalue weighted by atomic mass is 9.83. The van der Waals surface area contributed by atoms with Crippen LogP contribution < -0.4 is 37.2 Å². The van der Waals surface area contributed by atoms with Gasteiger partial charge in [-0.1, -0.05) is 102 Å². The van der Waals surface area contributed by atoms with Crippen molar-refractivity contribution >= 4 is 41.4 Å². The quantitative estimate of drug-likeness (QED) is 0.0999. The summed E-state index contributed by atoms with van der Waals surface area (Å²) < 4.78 is 0. The van der Waals surface area contributed by atoms with Crippen molar-refractivity contribution in [2.45, 2.75) is 174 Å². The van der Waals surface area contributed by atoms with Crippen molar-refractivity contribution in [1.82, 2.24) is 47.0 Å². The summed E-state index contributed by atoms with van der Waals surface area (Å²) in [6.45, 7) is 13.1. The van der Waals surface area contributed by atoms with Gasteiger partial charge in [-0.2, -0.15) is 0 Å². The van der Waals surface area contributed by atoms with E-state index in [0.29, 0.717) is 24.0 Å². The van der Waals surface area contributed by atoms with Crippen molar-refractivity contribution in [1.29, 1.82) is 0 Å². The molecule has 16 heteroatoms. The van der Waals surface area contributed by atoms with E-state index in [2.05, 4.69) is 49.4 Å². The van der Waals surface area contributed by atoms with Crippen LogP contribution >= 0.6 is 0 Å². The van der Waals surface area contributed by atoms with Crippen molar-refractivity contribution in [2.24, 2.45) is 11.3 Å². The van der Waals surface area contributed by atoms with E-state index in [-0.39, 0.29) is 73.5 Å². The molecule has 0 radical (unpaired) electrons. The summed E-state index contributed by atoms with van der Waals surface area (Å²) in [5, 5.41) is 21.6. The first-order chi connectivity index (χ1) is 34.9. The lowest BCUT2D eigenvalue weighted by Crippen LogP contribution is -2.62. The molecule has 1 saturated heterocycles. The summed E-state index contributed by atoms with van der Waals surface area (Å²) in [5.74, 6) is -2.70. The fourth-order valence-corrected chi connectivity index (χ4v) is 11.2. The van der Waals surface area contributed by atoms with Gasteiger partial charge in [0.05, 0.1) is 24.2 Å². The molecule has 3 aromatic rings. The zero-order valence-electron chi connectivity index (χ0n) is 44.4. The predicted molar refractivity (Wildman–Crippen MR) is 281 cm³/mol. The van der Waals surface area contributed by atoms with Crippen LogP contribution in [0.15, 0.2) is 66.7 Å². The fraction of sp³-hybridized carbons (Fsp3) is 0.561. The van der Waals surface area contributed by atoms with Gasteiger partial charge in [0.25, 0.3) is 5.91 Å². The second kappa shape index (κ2) is 23.8. The number of hydrogen-bond acceptors (Lipinski definition) is 9. The van der Waals surface area contributed by atoms with Crippen molar-refractivity contribution in [2.75, 3.05) is 20.6 Å². The zero-order valence-corrected chi connectivity index (χ0v) is 44.4. The Hall–Kier alpha value is -6.13. The van der Waals surface area contributed by atoms with Gasteiger partial charge in [0, 0.05) is 31.1 Å². The van der Waals surface area contributed by atoms with E-state index in [0.717, 1.165) is 55.2 Å². The van der Waals surface area contributed by atoms with Crippen molar-refractivity contribution in [3.05, 3.63) is 106 Å². The number of likely N-dealkylation sites (N-methyl/N-ethyl adjacent to an activating group) is 2. The molecule has 1 fully saturated rings. The topological polar surface area (TPSA) is 210 Å². The van der Waals surface area contributed by atoms with E-state index >= 15 is 0 Å². The Morgan fingerprint density at radius 3 is 1.74 bits per heavy atom. The summed E-state index contributed by atoms with van der Waals surface area (Å²) in [7, 11) is 3.35. The largest absolute Gasteiger partial charge is 0.347 e. The van der Waals surface area contributed by atoms with Crippen LogP contribution in [-0.2, 0) is 54.6 Å². The first kappa shape index (κ1) is 54.6. The first-order valence-corrected chi connectivity index (χ1v) is 26.6. The summed E-state index contributed by atoms with van der Waals surface area (Å²) in [4.78, 5) is 103. The maximum atomic E-state index is 15.0. The maximum absolute atomic E-state index is 15.0. The van der Waals surface area contributed by atoms with Gasteiger partial charge in [-0.3, -0.25) is 33.6 Å². The normalized spacial score (nSPS) is 22.1. The monoisotopic (exact) mass is 1000 g/mol. The number of carbonyl (C=O) groups is 7. The predicted octanol–water partition coefficient (Wildman–Crippen LogP) is 4.69. The zero-order chi connectivity index (χ0) is 52.7. The summed E-state index contributed by atoms with van der Waals surface area (Å²) >= 11 is 0. The second-order valence-corrected chi connectivity index (χ2v) is 21.8. The number of rotatable bonds is 17. The highest BCUT2D eigenvalue weighted by Crippen LogP contribution is 2.34. The molecule has 7 N–H and O–H groups in total. The van der Waals surface area contributed by atoms with Gasteiger partial charge in [0.1, 0.15) is 24.2 Å². The van der Waals surface area contributed by atoms with E-state index < -0.39 is 59.5 Å². The SMILES string of the molecule is CCC(CC)[C@H](NC(=O)[C@H](C)NC)C(=O)N1C[C@@H](NC(=O)c2ccc3c(c2)CN(C(=O)[C@@H](NC(=O)[C@H](C)NC)C(C)(C)C)[C@H](C(=O)N[C@@H]2CCCc4ccccc42)C3)C[C@H]1C(=O)N[C@@H]1CCCc2ccccc21. The number of hydrogen-bond donors (Lipinski definition) is 7. The number of nitrogens with one attached hydrogen (secondary N) is 7. The Balaban J connectivity index is 1.16. The number of fused-ring (bicyclic) bond motifs is 3. The minimum absolute atomic E-state index is 0.00616. The summed E-state index contributed by atoms with van der Waals surface area (Å²) in [6.07, 6.45) is 6.75. The Labute approximate surface area is 431 Å². The highest BCUT2D eigenvalue weighted by molar-refractivity contribution is 5.97. The van der Waals surface area contributed by atoms with Crippen LogP contribution in [0.2, 0.25) is 0 Å². The molecule has 9 atom stereocenters. The third-order valence-electron chi connectivity index (χ3n) is 15.9. The molecule has 0 unspecified atom stereocenters. The Morgan fingerprint density at radius 1 is 0.644 bits per heavy atom. The van der Waals surface area contributed by atoms with E-state index in [1.807, 2.05) is 77.1 Å². The molecule has 7 rings (SSSR count). The molecule has 0 saturated carbocycles. The van der Waals surface area contributed by atoms with Crippen LogP contribution in [0, 0.1) is 11.3 Å². The number of nitrogens with zero attached hydrogens (tertiary/aromatic N) is 2. The van der Waals surface area contributed by atoms with Gasteiger partial charge in [-0.05, 0) is 130 Å². The molecule has 2 heterocycles. The molecule has 394 valence electrons. The van der Waals surface area contributed by atoms with Gasteiger partial charge < -0.3 is 47.0 Å². The smallest absolute Gasteiger partial charge is 0.251 e. The fourth-order valence-electron chi connectivity index (χ4n) is 11.2. The number of aryl methyl sites for hydroxylation is 2. The van der Waals surface area contributed by atoms with Crippen molar-refractivity contribution in [3.63, 3.8) is 0 Å². The second-order valence-electron chi connectivity index (χ2n) is 21.8. The molecule has 0 bridgehead atoms. The van der Waals surface area contributed by atoms with Gasteiger partial charge in [0.2, 0.25) is 35.4 Å². The minimum Gasteiger partial charge on any atom is -0.347 e. The van der Waals surface area contributed by atoms with Crippen LogP contribution in [0.3, 0.4) is 0 Å². The Kier molecular flexibility index (Phi) is 17.8. The van der Waals surface area contributed by atoms with Crippen LogP contribution in [0.5, 0.6) is 0 Å². The van der Waals surface area contributed by atoms with Gasteiger partial charge in [-0.25, -0.2) is 0 Å². The standard InChI is InChI=1S/C57H79N9O7/c1-10-35(11-2)48(63-50(67)33(3)58-8)55(72)66-32-41(30-47(66)54(71)62-45-25-17-21-37-19-13-15-23-43(37)45)60-52(69)39-27-26-38-29-46(53(70)61-44-24-16-20-36-18-12-14-22-42(36)44)65(31-40(38)28-39)56(73)49(57(5,6)7)64-51(68)34(4)59-9/h12-15,18-19,22-23,26-28,33-35,41,44-49,58-59H,10-11,16-17,20-21,24-25,29-32H2,1-9H3,(H,60,69)(H,61,70)(H,62,71)(H,63,67)(H,64,68)/t33-,34-,41-,44+,45+,46-,47-,48-,49+/m0/s1. The molecule has 3 aromatic carbocycles. The van der Waals surface area contributed by atoms with Gasteiger partial charge >= 0.3 is 0 Å². The molecule has 0 aromatic heterocycles. The van der Waals surface area contributed by atoms with Crippen molar-refractivity contribution in [3.8, 4) is 0 Å². The van der Waals surface area contributed by atoms with Crippen LogP contribution in [0.1, 0.15) is 149 Å². The number of amides is 7. The molecule has 4 aliphatic rings. The molecular weight excluding hydrogens is 923 g/mol. The van der Waals surface area contributed by atoms with Crippen LogP contribution in [0.4, 0.5) is 0 Å². The van der Waals surface area contributed by atoms with Crippen LogP contribution in [-0.4, -0.2) is 114 Å². The molecule has 2 aliphatic heterocycles. The average Bonchev–Trinajstić information content (AvgIpc) is 3.82. The molecule has 16 nitrogen and oxygen atoms in total. The molecule has 7 amide bonds. The van der Waals surface area contributed by atoms with Crippen LogP contribution in [0.25, 0.3) is 0 Å². The van der Waals surface area contributed by atoms with E-state index in [9.17, 15) is 33.6 Å². The summed E-state index contributed by atoms with van der Waals surface area (Å²) in [6, 6.07) is 15.5. The lowest BCUT2D eigenvalue weighted by molar-refractivity contribution is -0.147. The highest BCUT2D eigenvalue weighted by atomic mass is 16.2. The average molecular weight is 1000 g/mol. The first-order valence-electron chi connectivity index (χ1n) is 26.6. The molecule has 0 spiro atoms. The summed E-state index contributed by atoms with van der Waals surface area (Å²) in [5.41, 5.74) is 5.57. The Bertz CT molecular complexity index is 2520. The third-order valence-corrected chi connectivity index (χ3v) is 15.9. The maximum Gasteiger partial charge on any atom is 0.251 e. The highest BCUT2D eigenvalue weighted by Gasteiger charge is 2.46. The van der Waals surface area contributed by atoms with Gasteiger partial charge in [0.15, 0.2) is 0 Å². The van der Waals surface area contributed by atoms with Crippen molar-refractivity contribution < 1.29 is 33.6 Å².